The van der Waals surface area contributed by atoms with E-state index in [1.807, 2.05) is 6.07 Å². The molecule has 0 aromatic heterocycles. The lowest BCUT2D eigenvalue weighted by molar-refractivity contribution is 0.548. The zero-order valence-corrected chi connectivity index (χ0v) is 9.88. The Balaban J connectivity index is 2.17. The van der Waals surface area contributed by atoms with Gasteiger partial charge in [0.1, 0.15) is 11.6 Å². The Labute approximate surface area is 109 Å². The van der Waals surface area contributed by atoms with Crippen LogP contribution < -0.4 is 10.1 Å². The van der Waals surface area contributed by atoms with Gasteiger partial charge in [-0.3, -0.25) is 0 Å². The molecule has 2 aromatic carbocycles. The number of halogens is 1. The van der Waals surface area contributed by atoms with E-state index in [0.717, 1.165) is 0 Å². The third-order valence-electron chi connectivity index (χ3n) is 2.22. The van der Waals surface area contributed by atoms with Gasteiger partial charge in [-0.15, -0.1) is 4.99 Å². The van der Waals surface area contributed by atoms with Crippen molar-refractivity contribution in [2.75, 3.05) is 5.32 Å². The first-order valence-electron chi connectivity index (χ1n) is 5.51. The molecule has 2 aromatic rings. The minimum atomic E-state index is -0.454. The van der Waals surface area contributed by atoms with Crippen molar-refractivity contribution in [3.8, 4) is 11.9 Å². The van der Waals surface area contributed by atoms with Gasteiger partial charge in [0.05, 0.1) is 5.69 Å². The number of rotatable bonds is 2. The Hall–Kier alpha value is -2.87. The topological polar surface area (TPSA) is 57.4 Å². The number of hydrogen-bond acceptors (Lipinski definition) is 3. The van der Waals surface area contributed by atoms with Gasteiger partial charge < -0.3 is 10.1 Å². The number of nitriles is 1. The lowest BCUT2D eigenvalue weighted by atomic mass is 10.3. The van der Waals surface area contributed by atoms with Crippen LogP contribution >= 0.6 is 0 Å². The number of aliphatic imine (C=N–C) groups is 1. The van der Waals surface area contributed by atoms with Crippen LogP contribution in [0.3, 0.4) is 0 Å². The van der Waals surface area contributed by atoms with E-state index >= 15 is 0 Å². The highest BCUT2D eigenvalue weighted by Gasteiger charge is 2.06. The molecule has 0 aliphatic rings. The second kappa shape index (κ2) is 6.17. The van der Waals surface area contributed by atoms with Crippen molar-refractivity contribution in [1.29, 1.82) is 5.26 Å². The minimum Gasteiger partial charge on any atom is -0.425 e. The Morgan fingerprint density at radius 1 is 1.11 bits per heavy atom. The quantitative estimate of drug-likeness (QED) is 0.509. The molecule has 0 aliphatic heterocycles. The van der Waals surface area contributed by atoms with Gasteiger partial charge >= 0.3 is 6.02 Å². The van der Waals surface area contributed by atoms with Gasteiger partial charge in [-0.1, -0.05) is 30.3 Å². The molecule has 0 saturated carbocycles. The SMILES string of the molecule is N#C/N=C(\Nc1ccccc1F)Oc1ccccc1. The van der Waals surface area contributed by atoms with Gasteiger partial charge in [0.2, 0.25) is 6.19 Å². The second-order valence-corrected chi connectivity index (χ2v) is 3.54. The van der Waals surface area contributed by atoms with Crippen LogP contribution in [0.1, 0.15) is 0 Å². The van der Waals surface area contributed by atoms with Gasteiger partial charge in [0.25, 0.3) is 0 Å². The summed E-state index contributed by atoms with van der Waals surface area (Å²) in [5.74, 6) is 0.0464. The molecule has 0 fully saturated rings. The summed E-state index contributed by atoms with van der Waals surface area (Å²) in [6.45, 7) is 0. The summed E-state index contributed by atoms with van der Waals surface area (Å²) < 4.78 is 18.8. The number of ether oxygens (including phenoxy) is 1. The molecule has 0 atom stereocenters. The van der Waals surface area contributed by atoms with Crippen molar-refractivity contribution in [1.82, 2.24) is 0 Å². The summed E-state index contributed by atoms with van der Waals surface area (Å²) in [4.78, 5) is 3.48. The van der Waals surface area contributed by atoms with Crippen LogP contribution in [0.15, 0.2) is 59.6 Å². The van der Waals surface area contributed by atoms with Crippen LogP contribution in [0.5, 0.6) is 5.75 Å². The minimum absolute atomic E-state index is 0.0844. The molecule has 94 valence electrons. The van der Waals surface area contributed by atoms with Crippen LogP contribution in [0.2, 0.25) is 0 Å². The molecular weight excluding hydrogens is 245 g/mol. The number of nitrogens with zero attached hydrogens (tertiary/aromatic N) is 2. The van der Waals surface area contributed by atoms with Crippen LogP contribution in [0.4, 0.5) is 10.1 Å². The normalized spacial score (nSPS) is 10.6. The lowest BCUT2D eigenvalue weighted by Crippen LogP contribution is -2.19. The summed E-state index contributed by atoms with van der Waals surface area (Å²) in [6.07, 6.45) is 1.61. The third-order valence-corrected chi connectivity index (χ3v) is 2.22. The summed E-state index contributed by atoms with van der Waals surface area (Å²) in [6, 6.07) is 14.8. The zero-order chi connectivity index (χ0) is 13.5. The van der Waals surface area contributed by atoms with Crippen molar-refractivity contribution in [2.24, 2.45) is 4.99 Å². The summed E-state index contributed by atoms with van der Waals surface area (Å²) in [7, 11) is 0. The molecular formula is C14H10FN3O. The maximum absolute atomic E-state index is 13.5. The predicted molar refractivity (Wildman–Crippen MR) is 70.1 cm³/mol. The maximum atomic E-state index is 13.5. The standard InChI is InChI=1S/C14H10FN3O/c15-12-8-4-5-9-13(12)18-14(17-10-16)19-11-6-2-1-3-7-11/h1-9H,(H,17,18). The van der Waals surface area contributed by atoms with Crippen LogP contribution in [0, 0.1) is 17.3 Å². The van der Waals surface area contributed by atoms with E-state index in [-0.39, 0.29) is 11.7 Å². The second-order valence-electron chi connectivity index (χ2n) is 3.54. The fourth-order valence-electron chi connectivity index (χ4n) is 1.40. The summed E-state index contributed by atoms with van der Waals surface area (Å²) in [5.41, 5.74) is 0.187. The molecule has 1 N–H and O–H groups in total. The van der Waals surface area contributed by atoms with Crippen LogP contribution in [-0.2, 0) is 0 Å². The molecule has 5 heteroatoms. The highest BCUT2D eigenvalue weighted by Crippen LogP contribution is 2.14. The van der Waals surface area contributed by atoms with Crippen molar-refractivity contribution >= 4 is 11.7 Å². The van der Waals surface area contributed by atoms with Crippen molar-refractivity contribution in [3.05, 3.63) is 60.4 Å². The molecule has 4 nitrogen and oxygen atoms in total. The van der Waals surface area contributed by atoms with Gasteiger partial charge in [-0.25, -0.2) is 4.39 Å². The third kappa shape index (κ3) is 3.54. The molecule has 0 radical (unpaired) electrons. The molecule has 0 heterocycles. The van der Waals surface area contributed by atoms with E-state index < -0.39 is 5.82 Å². The molecule has 19 heavy (non-hydrogen) atoms. The highest BCUT2D eigenvalue weighted by molar-refractivity contribution is 5.91. The Bertz CT molecular complexity index is 620. The molecule has 0 amide bonds. The van der Waals surface area contributed by atoms with Gasteiger partial charge in [-0.05, 0) is 24.3 Å². The van der Waals surface area contributed by atoms with E-state index in [1.165, 1.54) is 12.1 Å². The number of hydrogen-bond donors (Lipinski definition) is 1. The first-order valence-corrected chi connectivity index (χ1v) is 5.51. The first kappa shape index (κ1) is 12.6. The summed E-state index contributed by atoms with van der Waals surface area (Å²) in [5, 5.41) is 11.2. The Kier molecular flexibility index (Phi) is 4.09. The average Bonchev–Trinajstić information content (AvgIpc) is 2.43. The van der Waals surface area contributed by atoms with Crippen molar-refractivity contribution in [3.63, 3.8) is 0 Å². The highest BCUT2D eigenvalue weighted by atomic mass is 19.1. The van der Waals surface area contributed by atoms with Crippen molar-refractivity contribution < 1.29 is 9.13 Å². The largest absolute Gasteiger partial charge is 0.425 e. The number of anilines is 1. The van der Waals surface area contributed by atoms with Crippen molar-refractivity contribution in [2.45, 2.75) is 0 Å². The smallest absolute Gasteiger partial charge is 0.310 e. The number of nitrogens with one attached hydrogen (secondary N) is 1. The van der Waals surface area contributed by atoms with Gasteiger partial charge in [-0.2, -0.15) is 5.26 Å². The number of para-hydroxylation sites is 2. The van der Waals surface area contributed by atoms with E-state index in [4.69, 9.17) is 10.00 Å². The fourth-order valence-corrected chi connectivity index (χ4v) is 1.40. The van der Waals surface area contributed by atoms with E-state index in [2.05, 4.69) is 10.3 Å². The predicted octanol–water partition coefficient (Wildman–Crippen LogP) is 3.15. The Morgan fingerprint density at radius 2 is 1.79 bits per heavy atom. The molecule has 2 rings (SSSR count). The van der Waals surface area contributed by atoms with E-state index in [9.17, 15) is 4.39 Å². The van der Waals surface area contributed by atoms with Gasteiger partial charge in [0.15, 0.2) is 0 Å². The number of benzene rings is 2. The van der Waals surface area contributed by atoms with Crippen LogP contribution in [-0.4, -0.2) is 6.02 Å². The molecule has 0 unspecified atom stereocenters. The van der Waals surface area contributed by atoms with Crippen LogP contribution in [0.25, 0.3) is 0 Å². The Morgan fingerprint density at radius 3 is 2.47 bits per heavy atom. The van der Waals surface area contributed by atoms with E-state index in [1.54, 1.807) is 42.6 Å². The first-order chi connectivity index (χ1) is 9.29. The molecule has 0 aliphatic carbocycles. The molecule has 0 bridgehead atoms. The zero-order valence-electron chi connectivity index (χ0n) is 9.88. The lowest BCUT2D eigenvalue weighted by Gasteiger charge is -2.10. The summed E-state index contributed by atoms with van der Waals surface area (Å²) >= 11 is 0. The fraction of sp³-hybridized carbons (Fsp3) is 0. The average molecular weight is 255 g/mol. The number of amidine groups is 1. The molecule has 0 saturated heterocycles. The maximum Gasteiger partial charge on any atom is 0.310 e. The molecule has 0 spiro atoms. The monoisotopic (exact) mass is 255 g/mol. The van der Waals surface area contributed by atoms with Gasteiger partial charge in [0, 0.05) is 0 Å². The van der Waals surface area contributed by atoms with E-state index in [0.29, 0.717) is 5.75 Å².